The van der Waals surface area contributed by atoms with E-state index >= 15 is 0 Å². The number of nitriles is 2. The van der Waals surface area contributed by atoms with E-state index in [1.54, 1.807) is 31.2 Å². The molecule has 1 amide bonds. The molecule has 1 aromatic carbocycles. The third kappa shape index (κ3) is 2.70. The topological polar surface area (TPSA) is 103 Å². The molecule has 106 valence electrons. The first-order valence-electron chi connectivity index (χ1n) is 6.49. The van der Waals surface area contributed by atoms with Gasteiger partial charge in [-0.25, -0.2) is 4.79 Å². The van der Waals surface area contributed by atoms with E-state index in [4.69, 9.17) is 10.00 Å². The molecule has 1 N–H and O–H groups in total. The molecule has 1 aliphatic rings. The predicted molar refractivity (Wildman–Crippen MR) is 71.6 cm³/mol. The molecule has 1 aliphatic heterocycles. The summed E-state index contributed by atoms with van der Waals surface area (Å²) in [7, 11) is 0. The molecule has 3 atom stereocenters. The van der Waals surface area contributed by atoms with Crippen molar-refractivity contribution in [2.75, 3.05) is 6.61 Å². The summed E-state index contributed by atoms with van der Waals surface area (Å²) in [5.41, 5.74) is 1.12. The van der Waals surface area contributed by atoms with Crippen LogP contribution in [0.2, 0.25) is 0 Å². The molecule has 0 saturated carbocycles. The van der Waals surface area contributed by atoms with Crippen LogP contribution in [0.3, 0.4) is 0 Å². The van der Waals surface area contributed by atoms with Crippen LogP contribution in [0, 0.1) is 28.6 Å². The largest absolute Gasteiger partial charge is 0.464 e. The Morgan fingerprint density at radius 2 is 2.00 bits per heavy atom. The summed E-state index contributed by atoms with van der Waals surface area (Å²) in [6, 6.07) is 9.54. The zero-order valence-corrected chi connectivity index (χ0v) is 11.4. The molecule has 1 fully saturated rings. The van der Waals surface area contributed by atoms with Crippen molar-refractivity contribution < 1.29 is 14.3 Å². The Balaban J connectivity index is 2.38. The van der Waals surface area contributed by atoms with Crippen molar-refractivity contribution in [3.8, 4) is 12.1 Å². The van der Waals surface area contributed by atoms with Crippen LogP contribution in [0.15, 0.2) is 24.3 Å². The number of esters is 1. The zero-order chi connectivity index (χ0) is 15.4. The van der Waals surface area contributed by atoms with Crippen LogP contribution >= 0.6 is 0 Å². The summed E-state index contributed by atoms with van der Waals surface area (Å²) in [5.74, 6) is -2.61. The molecule has 0 aliphatic carbocycles. The fraction of sp³-hybridized carbons (Fsp3) is 0.333. The van der Waals surface area contributed by atoms with Crippen molar-refractivity contribution in [2.24, 2.45) is 5.92 Å². The van der Waals surface area contributed by atoms with E-state index in [9.17, 15) is 14.9 Å². The second-order valence-corrected chi connectivity index (χ2v) is 4.60. The molecule has 6 heteroatoms. The summed E-state index contributed by atoms with van der Waals surface area (Å²) >= 11 is 0. The first-order valence-corrected chi connectivity index (χ1v) is 6.49. The number of rotatable bonds is 3. The lowest BCUT2D eigenvalue weighted by Gasteiger charge is -2.19. The molecule has 0 unspecified atom stereocenters. The van der Waals surface area contributed by atoms with Gasteiger partial charge in [0, 0.05) is 5.92 Å². The number of carbonyl (C=O) groups is 2. The van der Waals surface area contributed by atoms with Gasteiger partial charge >= 0.3 is 5.97 Å². The van der Waals surface area contributed by atoms with Gasteiger partial charge in [-0.15, -0.1) is 0 Å². The Hall–Kier alpha value is -2.86. The monoisotopic (exact) mass is 283 g/mol. The molecule has 1 heterocycles. The number of hydrogen-bond acceptors (Lipinski definition) is 5. The van der Waals surface area contributed by atoms with E-state index in [1.165, 1.54) is 0 Å². The quantitative estimate of drug-likeness (QED) is 0.828. The lowest BCUT2D eigenvalue weighted by atomic mass is 9.84. The molecule has 6 nitrogen and oxygen atoms in total. The van der Waals surface area contributed by atoms with Gasteiger partial charge in [-0.2, -0.15) is 10.5 Å². The summed E-state index contributed by atoms with van der Waals surface area (Å²) in [5, 5.41) is 20.5. The van der Waals surface area contributed by atoms with E-state index < -0.39 is 29.8 Å². The number of hydrogen-bond donors (Lipinski definition) is 1. The fourth-order valence-corrected chi connectivity index (χ4v) is 2.43. The molecule has 21 heavy (non-hydrogen) atoms. The van der Waals surface area contributed by atoms with E-state index in [0.717, 1.165) is 0 Å². The highest BCUT2D eigenvalue weighted by Crippen LogP contribution is 2.34. The first-order chi connectivity index (χ1) is 10.1. The SMILES string of the molecule is CCOC(=O)[C@H]1NC(=O)[C@H](C#N)[C@H]1c1ccc(C#N)cc1. The molecule has 0 spiro atoms. The van der Waals surface area contributed by atoms with Gasteiger partial charge in [0.15, 0.2) is 0 Å². The number of nitrogens with zero attached hydrogens (tertiary/aromatic N) is 2. The number of ether oxygens (including phenoxy) is 1. The van der Waals surface area contributed by atoms with Gasteiger partial charge in [-0.3, -0.25) is 4.79 Å². The van der Waals surface area contributed by atoms with Crippen LogP contribution < -0.4 is 5.32 Å². The third-order valence-electron chi connectivity index (χ3n) is 3.40. The molecular formula is C15H13N3O3. The smallest absolute Gasteiger partial charge is 0.329 e. The second kappa shape index (κ2) is 6.06. The molecule has 0 bridgehead atoms. The second-order valence-electron chi connectivity index (χ2n) is 4.60. The van der Waals surface area contributed by atoms with E-state index in [-0.39, 0.29) is 6.61 Å². The van der Waals surface area contributed by atoms with Crippen molar-refractivity contribution in [1.82, 2.24) is 5.32 Å². The molecule has 0 radical (unpaired) electrons. The number of benzene rings is 1. The minimum atomic E-state index is -0.952. The third-order valence-corrected chi connectivity index (χ3v) is 3.40. The lowest BCUT2D eigenvalue weighted by molar-refractivity contribution is -0.146. The fourth-order valence-electron chi connectivity index (χ4n) is 2.43. The van der Waals surface area contributed by atoms with E-state index in [1.807, 2.05) is 12.1 Å². The number of carbonyl (C=O) groups excluding carboxylic acids is 2. The Bertz CT molecular complexity index is 640. The minimum absolute atomic E-state index is 0.197. The summed E-state index contributed by atoms with van der Waals surface area (Å²) in [4.78, 5) is 23.8. The average Bonchev–Trinajstić information content (AvgIpc) is 2.84. The van der Waals surface area contributed by atoms with Crippen LogP contribution in [-0.2, 0) is 14.3 Å². The highest BCUT2D eigenvalue weighted by atomic mass is 16.5. The van der Waals surface area contributed by atoms with Gasteiger partial charge in [0.1, 0.15) is 12.0 Å². The predicted octanol–water partition coefficient (Wildman–Crippen LogP) is 0.843. The highest BCUT2D eigenvalue weighted by molar-refractivity contribution is 5.93. The van der Waals surface area contributed by atoms with Crippen LogP contribution in [0.5, 0.6) is 0 Å². The average molecular weight is 283 g/mol. The van der Waals surface area contributed by atoms with Crippen molar-refractivity contribution in [1.29, 1.82) is 10.5 Å². The normalized spacial score (nSPS) is 23.8. The van der Waals surface area contributed by atoms with Gasteiger partial charge in [0.05, 0.1) is 24.3 Å². The maximum Gasteiger partial charge on any atom is 0.329 e. The van der Waals surface area contributed by atoms with Gasteiger partial charge in [-0.1, -0.05) is 12.1 Å². The van der Waals surface area contributed by atoms with Crippen molar-refractivity contribution >= 4 is 11.9 Å². The van der Waals surface area contributed by atoms with Crippen LogP contribution in [0.1, 0.15) is 24.0 Å². The Kier molecular flexibility index (Phi) is 4.20. The van der Waals surface area contributed by atoms with Crippen molar-refractivity contribution in [3.63, 3.8) is 0 Å². The van der Waals surface area contributed by atoms with Crippen LogP contribution in [0.25, 0.3) is 0 Å². The number of nitrogens with one attached hydrogen (secondary N) is 1. The van der Waals surface area contributed by atoms with Gasteiger partial charge in [0.25, 0.3) is 0 Å². The minimum Gasteiger partial charge on any atom is -0.464 e. The number of amides is 1. The zero-order valence-electron chi connectivity index (χ0n) is 11.4. The Morgan fingerprint density at radius 1 is 1.33 bits per heavy atom. The first kappa shape index (κ1) is 14.5. The standard InChI is InChI=1S/C15H13N3O3/c1-2-21-15(20)13-12(11(8-17)14(19)18-13)10-5-3-9(7-16)4-6-10/h3-6,11-13H,2H2,1H3,(H,18,19)/t11-,12-,13+/m1/s1. The van der Waals surface area contributed by atoms with Crippen molar-refractivity contribution in [2.45, 2.75) is 18.9 Å². The maximum atomic E-state index is 12.0. The van der Waals surface area contributed by atoms with Crippen LogP contribution in [0.4, 0.5) is 0 Å². The van der Waals surface area contributed by atoms with E-state index in [0.29, 0.717) is 11.1 Å². The lowest BCUT2D eigenvalue weighted by Crippen LogP contribution is -2.37. The summed E-state index contributed by atoms with van der Waals surface area (Å²) in [6.45, 7) is 1.87. The molecule has 2 rings (SSSR count). The van der Waals surface area contributed by atoms with Gasteiger partial charge < -0.3 is 10.1 Å². The molecule has 0 aromatic heterocycles. The molecule has 1 saturated heterocycles. The van der Waals surface area contributed by atoms with Gasteiger partial charge in [0.2, 0.25) is 5.91 Å². The summed E-state index contributed by atoms with van der Waals surface area (Å²) < 4.78 is 4.95. The Morgan fingerprint density at radius 3 is 2.52 bits per heavy atom. The molecular weight excluding hydrogens is 270 g/mol. The van der Waals surface area contributed by atoms with Crippen LogP contribution in [-0.4, -0.2) is 24.5 Å². The van der Waals surface area contributed by atoms with Gasteiger partial charge in [-0.05, 0) is 24.6 Å². The summed E-state index contributed by atoms with van der Waals surface area (Å²) in [6.07, 6.45) is 0. The Labute approximate surface area is 121 Å². The molecule has 1 aromatic rings. The van der Waals surface area contributed by atoms with Crippen molar-refractivity contribution in [3.05, 3.63) is 35.4 Å². The maximum absolute atomic E-state index is 12.0. The van der Waals surface area contributed by atoms with E-state index in [2.05, 4.69) is 5.32 Å². The highest BCUT2D eigenvalue weighted by Gasteiger charge is 2.47.